The third-order valence-electron chi connectivity index (χ3n) is 2.66. The molecule has 0 radical (unpaired) electrons. The van der Waals surface area contributed by atoms with Gasteiger partial charge in [-0.1, -0.05) is 24.3 Å². The predicted molar refractivity (Wildman–Crippen MR) is 73.8 cm³/mol. The van der Waals surface area contributed by atoms with Crippen LogP contribution in [0.4, 0.5) is 0 Å². The van der Waals surface area contributed by atoms with Crippen molar-refractivity contribution in [1.29, 1.82) is 0 Å². The lowest BCUT2D eigenvalue weighted by atomic mass is 10.1. The number of para-hydroxylation sites is 1. The molecule has 0 spiro atoms. The van der Waals surface area contributed by atoms with E-state index in [1.165, 1.54) is 0 Å². The van der Waals surface area contributed by atoms with Crippen LogP contribution in [0.15, 0.2) is 47.5 Å². The fourth-order valence-corrected chi connectivity index (χ4v) is 2.35. The van der Waals surface area contributed by atoms with Gasteiger partial charge in [-0.3, -0.25) is 0 Å². The van der Waals surface area contributed by atoms with Crippen LogP contribution in [0, 0.1) is 0 Å². The summed E-state index contributed by atoms with van der Waals surface area (Å²) in [4.78, 5) is 4.50. The van der Waals surface area contributed by atoms with Crippen molar-refractivity contribution < 1.29 is 5.11 Å². The fraction of sp³-hybridized carbons (Fsp3) is 0.214. The molecule has 0 aliphatic carbocycles. The molecule has 17 heavy (non-hydrogen) atoms. The summed E-state index contributed by atoms with van der Waals surface area (Å²) in [6.07, 6.45) is 2.68. The van der Waals surface area contributed by atoms with Crippen LogP contribution in [-0.4, -0.2) is 10.1 Å². The van der Waals surface area contributed by atoms with Gasteiger partial charge in [0.2, 0.25) is 0 Å². The van der Waals surface area contributed by atoms with Crippen molar-refractivity contribution in [3.63, 3.8) is 0 Å². The number of halogens is 1. The molecule has 2 rings (SSSR count). The van der Waals surface area contributed by atoms with Crippen molar-refractivity contribution >= 4 is 26.8 Å². The van der Waals surface area contributed by atoms with Crippen molar-refractivity contribution in [2.75, 3.05) is 0 Å². The number of rotatable bonds is 4. The zero-order valence-corrected chi connectivity index (χ0v) is 11.0. The minimum absolute atomic E-state index is 0.549. The van der Waals surface area contributed by atoms with E-state index >= 15 is 0 Å². The molecule has 3 heteroatoms. The average Bonchev–Trinajstić information content (AvgIpc) is 2.35. The van der Waals surface area contributed by atoms with Crippen LogP contribution >= 0.6 is 15.9 Å². The summed E-state index contributed by atoms with van der Waals surface area (Å²) in [5.74, 6) is 0. The topological polar surface area (TPSA) is 33.1 Å². The second-order valence-electron chi connectivity index (χ2n) is 3.93. The molecule has 1 unspecified atom stereocenters. The monoisotopic (exact) mass is 291 g/mol. The zero-order chi connectivity index (χ0) is 12.3. The van der Waals surface area contributed by atoms with E-state index < -0.39 is 6.10 Å². The van der Waals surface area contributed by atoms with Gasteiger partial charge in [-0.15, -0.1) is 6.58 Å². The average molecular weight is 292 g/mol. The zero-order valence-electron chi connectivity index (χ0n) is 9.44. The molecule has 1 atom stereocenters. The Kier molecular flexibility index (Phi) is 3.92. The predicted octanol–water partition coefficient (Wildman–Crippen LogP) is 4.00. The number of benzene rings is 1. The number of aromatic nitrogens is 1. The molecule has 2 aromatic rings. The van der Waals surface area contributed by atoms with Crippen LogP contribution in [0.1, 0.15) is 24.6 Å². The smallest absolute Gasteiger partial charge is 0.0974 e. The number of hydrogen-bond acceptors (Lipinski definition) is 2. The van der Waals surface area contributed by atoms with Gasteiger partial charge in [0.25, 0.3) is 0 Å². The van der Waals surface area contributed by atoms with E-state index in [2.05, 4.69) is 27.5 Å². The van der Waals surface area contributed by atoms with Gasteiger partial charge >= 0.3 is 0 Å². The molecule has 1 N–H and O–H groups in total. The van der Waals surface area contributed by atoms with Gasteiger partial charge in [0.1, 0.15) is 0 Å². The number of hydrogen-bond donors (Lipinski definition) is 1. The summed E-state index contributed by atoms with van der Waals surface area (Å²) in [6.45, 7) is 3.66. The summed E-state index contributed by atoms with van der Waals surface area (Å²) < 4.78 is 0.854. The highest BCUT2D eigenvalue weighted by Gasteiger charge is 2.13. The molecular weight excluding hydrogens is 278 g/mol. The Hall–Kier alpha value is -1.19. The number of fused-ring (bicyclic) bond motifs is 1. The van der Waals surface area contributed by atoms with Gasteiger partial charge in [-0.05, 0) is 40.9 Å². The maximum atomic E-state index is 10.1. The lowest BCUT2D eigenvalue weighted by Gasteiger charge is -2.12. The van der Waals surface area contributed by atoms with Crippen LogP contribution < -0.4 is 0 Å². The Balaban J connectivity index is 2.39. The number of aliphatic hydroxyl groups excluding tert-OH is 1. The molecule has 0 aliphatic rings. The van der Waals surface area contributed by atoms with Gasteiger partial charge in [0.15, 0.2) is 0 Å². The lowest BCUT2D eigenvalue weighted by Crippen LogP contribution is -2.01. The van der Waals surface area contributed by atoms with E-state index in [0.29, 0.717) is 12.1 Å². The van der Waals surface area contributed by atoms with Gasteiger partial charge in [0.05, 0.1) is 17.3 Å². The van der Waals surface area contributed by atoms with E-state index in [-0.39, 0.29) is 0 Å². The minimum Gasteiger partial charge on any atom is -0.387 e. The van der Waals surface area contributed by atoms with E-state index in [4.69, 9.17) is 0 Å². The summed E-state index contributed by atoms with van der Waals surface area (Å²) in [7, 11) is 0. The van der Waals surface area contributed by atoms with E-state index in [1.807, 2.05) is 30.3 Å². The first kappa shape index (κ1) is 12.3. The van der Waals surface area contributed by atoms with Crippen molar-refractivity contribution in [1.82, 2.24) is 4.98 Å². The van der Waals surface area contributed by atoms with Crippen LogP contribution in [-0.2, 0) is 0 Å². The largest absolute Gasteiger partial charge is 0.387 e. The second kappa shape index (κ2) is 5.43. The van der Waals surface area contributed by atoms with Gasteiger partial charge in [-0.2, -0.15) is 0 Å². The molecule has 0 aliphatic heterocycles. The first-order valence-corrected chi connectivity index (χ1v) is 6.36. The Morgan fingerprint density at radius 2 is 2.18 bits per heavy atom. The summed E-state index contributed by atoms with van der Waals surface area (Å²) in [6, 6.07) is 9.88. The third-order valence-corrected chi connectivity index (χ3v) is 3.30. The molecule has 2 nitrogen and oxygen atoms in total. The first-order chi connectivity index (χ1) is 8.22. The molecule has 0 bridgehead atoms. The van der Waals surface area contributed by atoms with Crippen LogP contribution in [0.2, 0.25) is 0 Å². The van der Waals surface area contributed by atoms with Crippen molar-refractivity contribution in [3.05, 3.63) is 53.2 Å². The number of pyridine rings is 1. The van der Waals surface area contributed by atoms with Crippen molar-refractivity contribution in [2.45, 2.75) is 18.9 Å². The fourth-order valence-electron chi connectivity index (χ4n) is 1.75. The Bertz CT molecular complexity index is 539. The molecule has 1 heterocycles. The maximum Gasteiger partial charge on any atom is 0.0974 e. The lowest BCUT2D eigenvalue weighted by molar-refractivity contribution is 0.163. The first-order valence-electron chi connectivity index (χ1n) is 5.56. The van der Waals surface area contributed by atoms with Crippen LogP contribution in [0.3, 0.4) is 0 Å². The van der Waals surface area contributed by atoms with Gasteiger partial charge < -0.3 is 5.11 Å². The molecule has 1 aromatic carbocycles. The molecule has 0 saturated heterocycles. The molecule has 0 fully saturated rings. The highest BCUT2D eigenvalue weighted by Crippen LogP contribution is 2.28. The van der Waals surface area contributed by atoms with E-state index in [1.54, 1.807) is 6.08 Å². The van der Waals surface area contributed by atoms with Gasteiger partial charge in [0, 0.05) is 9.86 Å². The number of allylic oxidation sites excluding steroid dienone is 1. The SMILES string of the molecule is C=CCCC(O)c1nc2ccccc2cc1Br. The van der Waals surface area contributed by atoms with Crippen molar-refractivity contribution in [2.24, 2.45) is 0 Å². The maximum absolute atomic E-state index is 10.1. The molecular formula is C14H14BrNO. The summed E-state index contributed by atoms with van der Waals surface area (Å²) >= 11 is 3.46. The van der Waals surface area contributed by atoms with Crippen LogP contribution in [0.25, 0.3) is 10.9 Å². The van der Waals surface area contributed by atoms with Crippen molar-refractivity contribution in [3.8, 4) is 0 Å². The molecule has 1 aromatic heterocycles. The number of aliphatic hydroxyl groups is 1. The van der Waals surface area contributed by atoms with Crippen LogP contribution in [0.5, 0.6) is 0 Å². The van der Waals surface area contributed by atoms with Gasteiger partial charge in [-0.25, -0.2) is 4.98 Å². The summed E-state index contributed by atoms with van der Waals surface area (Å²) in [5, 5.41) is 11.1. The van der Waals surface area contributed by atoms with E-state index in [0.717, 1.165) is 21.8 Å². The summed E-state index contributed by atoms with van der Waals surface area (Å²) in [5.41, 5.74) is 1.61. The standard InChI is InChI=1S/C14H14BrNO/c1-2-3-8-13(17)14-11(15)9-10-6-4-5-7-12(10)16-14/h2,4-7,9,13,17H,1,3,8H2. The Morgan fingerprint density at radius 1 is 1.41 bits per heavy atom. The molecule has 88 valence electrons. The number of nitrogens with zero attached hydrogens (tertiary/aromatic N) is 1. The molecule has 0 saturated carbocycles. The normalized spacial score (nSPS) is 12.6. The highest BCUT2D eigenvalue weighted by molar-refractivity contribution is 9.10. The Morgan fingerprint density at radius 3 is 2.94 bits per heavy atom. The third kappa shape index (κ3) is 2.73. The minimum atomic E-state index is -0.549. The second-order valence-corrected chi connectivity index (χ2v) is 4.78. The van der Waals surface area contributed by atoms with E-state index in [9.17, 15) is 5.11 Å². The Labute approximate surface area is 109 Å². The molecule has 0 amide bonds. The quantitative estimate of drug-likeness (QED) is 0.864. The highest BCUT2D eigenvalue weighted by atomic mass is 79.9.